The second kappa shape index (κ2) is 7.06. The van der Waals surface area contributed by atoms with Gasteiger partial charge in [-0.15, -0.1) is 0 Å². The Morgan fingerprint density at radius 1 is 0.941 bits per heavy atom. The molecule has 0 aliphatic rings. The molecule has 88 valence electrons. The van der Waals surface area contributed by atoms with E-state index in [0.717, 1.165) is 11.8 Å². The number of hydrogen-bond acceptors (Lipinski definition) is 2. The third kappa shape index (κ3) is 4.56. The normalized spacial score (nSPS) is 9.06. The van der Waals surface area contributed by atoms with Gasteiger partial charge in [0.25, 0.3) is 0 Å². The van der Waals surface area contributed by atoms with Crippen molar-refractivity contribution >= 4 is 28.9 Å². The van der Waals surface area contributed by atoms with Gasteiger partial charge in [0.2, 0.25) is 0 Å². The maximum Gasteiger partial charge on any atom is 0.116 e. The molecule has 0 aliphatic heterocycles. The Labute approximate surface area is 114 Å². The number of rotatable bonds is 1. The van der Waals surface area contributed by atoms with Crippen molar-refractivity contribution in [3.8, 4) is 16.9 Å². The molecule has 3 heteroatoms. The number of carbonyl (C=O) groups is 1. The molecule has 2 aromatic carbocycles. The fourth-order valence-electron chi connectivity index (χ4n) is 1.30. The minimum atomic E-state index is 0.305. The predicted octanol–water partition coefficient (Wildman–Crippen LogP) is 3.87. The summed E-state index contributed by atoms with van der Waals surface area (Å²) in [6, 6.07) is 15.5. The van der Waals surface area contributed by atoms with Crippen LogP contribution in [0.2, 0.25) is 0 Å². The van der Waals surface area contributed by atoms with Gasteiger partial charge in [0.05, 0.1) is 0 Å². The van der Waals surface area contributed by atoms with E-state index in [1.165, 1.54) is 16.1 Å². The fraction of sp³-hybridized carbons (Fsp3) is 0.0714. The number of halogens is 1. The van der Waals surface area contributed by atoms with Crippen molar-refractivity contribution in [2.24, 2.45) is 0 Å². The highest BCUT2D eigenvalue weighted by Crippen LogP contribution is 2.22. The molecule has 0 saturated carbocycles. The van der Waals surface area contributed by atoms with Crippen molar-refractivity contribution in [2.45, 2.75) is 6.92 Å². The maximum atomic E-state index is 9.15. The van der Waals surface area contributed by atoms with Crippen LogP contribution in [-0.4, -0.2) is 11.4 Å². The first-order valence-electron chi connectivity index (χ1n) is 5.12. The van der Waals surface area contributed by atoms with Crippen LogP contribution in [-0.2, 0) is 4.79 Å². The van der Waals surface area contributed by atoms with E-state index in [-0.39, 0.29) is 0 Å². The van der Waals surface area contributed by atoms with E-state index < -0.39 is 0 Å². The Bertz CT molecular complexity index is 417. The predicted molar refractivity (Wildman–Crippen MR) is 78.0 cm³/mol. The summed E-state index contributed by atoms with van der Waals surface area (Å²) in [5.41, 5.74) is 2.30. The molecule has 0 saturated heterocycles. The summed E-state index contributed by atoms with van der Waals surface area (Å²) in [7, 11) is 0. The molecule has 1 N–H and O–H groups in total. The summed E-state index contributed by atoms with van der Waals surface area (Å²) < 4.78 is 1.23. The number of phenolic OH excluding ortho intramolecular Hbond substituents is 1. The molecule has 0 atom stereocenters. The molecule has 0 fully saturated rings. The summed E-state index contributed by atoms with van der Waals surface area (Å²) in [5.74, 6) is 0.305. The summed E-state index contributed by atoms with van der Waals surface area (Å²) in [6.07, 6.45) is 0.750. The molecule has 2 rings (SSSR count). The highest BCUT2D eigenvalue weighted by Gasteiger charge is 1.96. The first-order valence-corrected chi connectivity index (χ1v) is 6.20. The van der Waals surface area contributed by atoms with Crippen molar-refractivity contribution in [2.75, 3.05) is 0 Å². The van der Waals surface area contributed by atoms with Crippen LogP contribution in [0, 0.1) is 3.57 Å². The van der Waals surface area contributed by atoms with Gasteiger partial charge in [0.15, 0.2) is 0 Å². The Kier molecular flexibility index (Phi) is 5.69. The number of aromatic hydroxyl groups is 1. The standard InChI is InChI=1S/C12H9IO.C2H4O/c13-11-5-1-9(2-6-11)10-3-7-12(14)8-4-10;1-2-3/h1-8,14H;2H,1H3. The van der Waals surface area contributed by atoms with Gasteiger partial charge in [-0.2, -0.15) is 0 Å². The monoisotopic (exact) mass is 340 g/mol. The topological polar surface area (TPSA) is 37.3 Å². The molecule has 17 heavy (non-hydrogen) atoms. The Hall–Kier alpha value is -1.36. The average molecular weight is 340 g/mol. The van der Waals surface area contributed by atoms with Gasteiger partial charge in [-0.25, -0.2) is 0 Å². The van der Waals surface area contributed by atoms with Crippen LogP contribution in [0.3, 0.4) is 0 Å². The van der Waals surface area contributed by atoms with Gasteiger partial charge in [-0.1, -0.05) is 24.3 Å². The Morgan fingerprint density at radius 3 is 1.71 bits per heavy atom. The van der Waals surface area contributed by atoms with Gasteiger partial charge in [0.1, 0.15) is 12.0 Å². The molecular formula is C14H13IO2. The second-order valence-electron chi connectivity index (χ2n) is 3.29. The van der Waals surface area contributed by atoms with Crippen LogP contribution >= 0.6 is 22.6 Å². The first kappa shape index (κ1) is 13.7. The van der Waals surface area contributed by atoms with E-state index in [4.69, 9.17) is 9.90 Å². The summed E-state index contributed by atoms with van der Waals surface area (Å²) in [4.78, 5) is 8.81. The van der Waals surface area contributed by atoms with E-state index in [1.54, 1.807) is 12.1 Å². The Morgan fingerprint density at radius 2 is 1.29 bits per heavy atom. The van der Waals surface area contributed by atoms with Crippen LogP contribution in [0.15, 0.2) is 48.5 Å². The zero-order valence-electron chi connectivity index (χ0n) is 9.43. The van der Waals surface area contributed by atoms with Crippen LogP contribution in [0.5, 0.6) is 5.75 Å². The van der Waals surface area contributed by atoms with Gasteiger partial charge in [-0.3, -0.25) is 0 Å². The number of carbonyl (C=O) groups excluding carboxylic acids is 1. The lowest BCUT2D eigenvalue weighted by molar-refractivity contribution is -0.106. The quantitative estimate of drug-likeness (QED) is 0.632. The van der Waals surface area contributed by atoms with Gasteiger partial charge < -0.3 is 9.90 Å². The lowest BCUT2D eigenvalue weighted by Gasteiger charge is -2.01. The fourth-order valence-corrected chi connectivity index (χ4v) is 1.66. The number of phenols is 1. The molecule has 0 bridgehead atoms. The zero-order chi connectivity index (χ0) is 12.7. The van der Waals surface area contributed by atoms with Crippen LogP contribution in [0.4, 0.5) is 0 Å². The average Bonchev–Trinajstić information content (AvgIpc) is 2.32. The van der Waals surface area contributed by atoms with Crippen molar-refractivity contribution in [3.05, 3.63) is 52.1 Å². The van der Waals surface area contributed by atoms with E-state index in [1.807, 2.05) is 12.1 Å². The number of aldehydes is 1. The van der Waals surface area contributed by atoms with E-state index in [2.05, 4.69) is 46.9 Å². The third-order valence-corrected chi connectivity index (χ3v) is 2.76. The van der Waals surface area contributed by atoms with Crippen LogP contribution < -0.4 is 0 Å². The largest absolute Gasteiger partial charge is 0.508 e. The highest BCUT2D eigenvalue weighted by atomic mass is 127. The lowest BCUT2D eigenvalue weighted by Crippen LogP contribution is -1.77. The van der Waals surface area contributed by atoms with Crippen molar-refractivity contribution in [3.63, 3.8) is 0 Å². The zero-order valence-corrected chi connectivity index (χ0v) is 11.6. The van der Waals surface area contributed by atoms with E-state index in [9.17, 15) is 0 Å². The van der Waals surface area contributed by atoms with Crippen LogP contribution in [0.25, 0.3) is 11.1 Å². The molecular weight excluding hydrogens is 327 g/mol. The molecule has 2 aromatic rings. The smallest absolute Gasteiger partial charge is 0.116 e. The molecule has 0 spiro atoms. The molecule has 0 radical (unpaired) electrons. The van der Waals surface area contributed by atoms with Crippen molar-refractivity contribution in [1.82, 2.24) is 0 Å². The lowest BCUT2D eigenvalue weighted by atomic mass is 10.1. The highest BCUT2D eigenvalue weighted by molar-refractivity contribution is 14.1. The van der Waals surface area contributed by atoms with Gasteiger partial charge in [-0.05, 0) is 64.9 Å². The van der Waals surface area contributed by atoms with Crippen LogP contribution in [0.1, 0.15) is 6.92 Å². The summed E-state index contributed by atoms with van der Waals surface area (Å²) >= 11 is 2.28. The summed E-state index contributed by atoms with van der Waals surface area (Å²) in [5, 5.41) is 9.15. The minimum absolute atomic E-state index is 0.305. The Balaban J connectivity index is 0.000000437. The van der Waals surface area contributed by atoms with E-state index in [0.29, 0.717) is 5.75 Å². The molecule has 0 heterocycles. The minimum Gasteiger partial charge on any atom is -0.508 e. The van der Waals surface area contributed by atoms with Crippen molar-refractivity contribution < 1.29 is 9.90 Å². The van der Waals surface area contributed by atoms with E-state index >= 15 is 0 Å². The number of benzene rings is 2. The third-order valence-electron chi connectivity index (χ3n) is 2.04. The molecule has 0 aliphatic carbocycles. The molecule has 0 unspecified atom stereocenters. The van der Waals surface area contributed by atoms with Crippen molar-refractivity contribution in [1.29, 1.82) is 0 Å². The maximum absolute atomic E-state index is 9.15. The summed E-state index contributed by atoms with van der Waals surface area (Å²) in [6.45, 7) is 1.44. The van der Waals surface area contributed by atoms with Gasteiger partial charge in [0, 0.05) is 3.57 Å². The SMILES string of the molecule is CC=O.Oc1ccc(-c2ccc(I)cc2)cc1. The first-order chi connectivity index (χ1) is 8.17. The number of hydrogen-bond donors (Lipinski definition) is 1. The van der Waals surface area contributed by atoms with Gasteiger partial charge >= 0.3 is 0 Å². The molecule has 0 amide bonds. The molecule has 0 aromatic heterocycles. The second-order valence-corrected chi connectivity index (χ2v) is 4.54. The molecule has 2 nitrogen and oxygen atoms in total.